The van der Waals surface area contributed by atoms with Crippen LogP contribution in [-0.4, -0.2) is 0 Å². The van der Waals surface area contributed by atoms with Gasteiger partial charge in [-0.2, -0.15) is 0 Å². The lowest BCUT2D eigenvalue weighted by atomic mass is 10.0. The fourth-order valence-electron chi connectivity index (χ4n) is 1.49. The minimum atomic E-state index is 0.720. The lowest BCUT2D eigenvalue weighted by Gasteiger charge is -2.04. The third-order valence-corrected chi connectivity index (χ3v) is 2.53. The van der Waals surface area contributed by atoms with Gasteiger partial charge in [0.25, 0.3) is 0 Å². The van der Waals surface area contributed by atoms with Crippen molar-refractivity contribution in [3.8, 4) is 0 Å². The van der Waals surface area contributed by atoms with Crippen molar-refractivity contribution in [2.75, 3.05) is 0 Å². The van der Waals surface area contributed by atoms with Gasteiger partial charge < -0.3 is 5.73 Å². The Labute approximate surface area is 98.0 Å². The van der Waals surface area contributed by atoms with Gasteiger partial charge in [0.15, 0.2) is 0 Å². The molecule has 0 aliphatic carbocycles. The van der Waals surface area contributed by atoms with Crippen LogP contribution in [0.25, 0.3) is 6.08 Å². The zero-order valence-corrected chi connectivity index (χ0v) is 9.87. The van der Waals surface area contributed by atoms with Crippen molar-refractivity contribution in [2.24, 2.45) is 5.73 Å². The Bertz CT molecular complexity index is 413. The molecule has 84 valence electrons. The molecule has 0 radical (unpaired) electrons. The van der Waals surface area contributed by atoms with E-state index >= 15 is 0 Å². The first-order chi connectivity index (χ1) is 7.63. The summed E-state index contributed by atoms with van der Waals surface area (Å²) < 4.78 is 0. The number of allylic oxidation sites excluding steroid dienone is 3. The summed E-state index contributed by atoms with van der Waals surface area (Å²) in [4.78, 5) is 0. The molecule has 0 bridgehead atoms. The standard InChI is InChI=1S/C15H19N/c1-4-14(10-9-13(3)16)11-15-8-6-5-7-12(15)2/h4-8,11H,1,3,9-10,16H2,2H3/b14-11+. The van der Waals surface area contributed by atoms with Crippen LogP contribution in [0.15, 0.2) is 54.8 Å². The lowest BCUT2D eigenvalue weighted by molar-refractivity contribution is 0.941. The average molecular weight is 213 g/mol. The first-order valence-electron chi connectivity index (χ1n) is 5.45. The van der Waals surface area contributed by atoms with Gasteiger partial charge in [-0.15, -0.1) is 0 Å². The minimum Gasteiger partial charge on any atom is -0.403 e. The highest BCUT2D eigenvalue weighted by Crippen LogP contribution is 2.16. The summed E-state index contributed by atoms with van der Waals surface area (Å²) in [6.45, 7) is 9.63. The van der Waals surface area contributed by atoms with E-state index in [0.29, 0.717) is 0 Å². The van der Waals surface area contributed by atoms with Crippen molar-refractivity contribution in [3.05, 3.63) is 65.9 Å². The summed E-state index contributed by atoms with van der Waals surface area (Å²) in [5.74, 6) is 0. The molecule has 0 unspecified atom stereocenters. The number of aryl methyl sites for hydroxylation is 1. The van der Waals surface area contributed by atoms with E-state index in [2.05, 4.69) is 38.3 Å². The maximum Gasteiger partial charge on any atom is 0.00108 e. The summed E-state index contributed by atoms with van der Waals surface area (Å²) in [6.07, 6.45) is 5.75. The molecule has 0 saturated heterocycles. The average Bonchev–Trinajstić information content (AvgIpc) is 2.26. The molecular formula is C15H19N. The van der Waals surface area contributed by atoms with Gasteiger partial charge in [0, 0.05) is 5.70 Å². The number of hydrogen-bond donors (Lipinski definition) is 1. The second kappa shape index (κ2) is 5.96. The molecular weight excluding hydrogens is 194 g/mol. The third-order valence-electron chi connectivity index (χ3n) is 2.53. The Morgan fingerprint density at radius 2 is 2.00 bits per heavy atom. The Balaban J connectivity index is 2.83. The van der Waals surface area contributed by atoms with Crippen LogP contribution in [-0.2, 0) is 0 Å². The van der Waals surface area contributed by atoms with E-state index < -0.39 is 0 Å². The van der Waals surface area contributed by atoms with Gasteiger partial charge in [-0.3, -0.25) is 0 Å². The molecule has 0 saturated carbocycles. The molecule has 1 nitrogen and oxygen atoms in total. The summed E-state index contributed by atoms with van der Waals surface area (Å²) >= 11 is 0. The van der Waals surface area contributed by atoms with E-state index in [1.165, 1.54) is 16.7 Å². The summed E-state index contributed by atoms with van der Waals surface area (Å²) in [5, 5.41) is 0. The molecule has 16 heavy (non-hydrogen) atoms. The molecule has 0 aliphatic heterocycles. The fourth-order valence-corrected chi connectivity index (χ4v) is 1.49. The fraction of sp³-hybridized carbons (Fsp3) is 0.200. The van der Waals surface area contributed by atoms with Gasteiger partial charge in [0.2, 0.25) is 0 Å². The Morgan fingerprint density at radius 3 is 2.56 bits per heavy atom. The SMILES string of the molecule is C=C/C(=C\c1ccccc1C)CCC(=C)N. The largest absolute Gasteiger partial charge is 0.403 e. The van der Waals surface area contributed by atoms with Gasteiger partial charge in [0.1, 0.15) is 0 Å². The van der Waals surface area contributed by atoms with Gasteiger partial charge in [-0.25, -0.2) is 0 Å². The molecule has 0 aliphatic rings. The van der Waals surface area contributed by atoms with Crippen LogP contribution in [0.3, 0.4) is 0 Å². The quantitative estimate of drug-likeness (QED) is 0.739. The van der Waals surface area contributed by atoms with Crippen molar-refractivity contribution in [1.29, 1.82) is 0 Å². The predicted octanol–water partition coefficient (Wildman–Crippen LogP) is 3.82. The molecule has 1 aromatic rings. The minimum absolute atomic E-state index is 0.720. The zero-order chi connectivity index (χ0) is 12.0. The van der Waals surface area contributed by atoms with Crippen LogP contribution in [0.1, 0.15) is 24.0 Å². The van der Waals surface area contributed by atoms with E-state index in [-0.39, 0.29) is 0 Å². The van der Waals surface area contributed by atoms with Crippen LogP contribution in [0.5, 0.6) is 0 Å². The predicted molar refractivity (Wildman–Crippen MR) is 71.9 cm³/mol. The summed E-state index contributed by atoms with van der Waals surface area (Å²) in [5.41, 5.74) is 9.99. The first-order valence-corrected chi connectivity index (χ1v) is 5.45. The molecule has 1 aromatic carbocycles. The van der Waals surface area contributed by atoms with E-state index in [1.54, 1.807) is 0 Å². The van der Waals surface area contributed by atoms with Crippen LogP contribution in [0, 0.1) is 6.92 Å². The van der Waals surface area contributed by atoms with Crippen LogP contribution < -0.4 is 5.73 Å². The number of hydrogen-bond acceptors (Lipinski definition) is 1. The maximum atomic E-state index is 5.56. The molecule has 0 atom stereocenters. The molecule has 1 rings (SSSR count). The second-order valence-electron chi connectivity index (χ2n) is 3.94. The molecule has 0 aromatic heterocycles. The highest BCUT2D eigenvalue weighted by molar-refractivity contribution is 5.58. The molecule has 1 heteroatoms. The second-order valence-corrected chi connectivity index (χ2v) is 3.94. The van der Waals surface area contributed by atoms with E-state index in [0.717, 1.165) is 18.5 Å². The van der Waals surface area contributed by atoms with E-state index in [9.17, 15) is 0 Å². The van der Waals surface area contributed by atoms with Crippen LogP contribution in [0.2, 0.25) is 0 Å². The third kappa shape index (κ3) is 3.77. The monoisotopic (exact) mass is 213 g/mol. The number of rotatable bonds is 5. The molecule has 2 N–H and O–H groups in total. The maximum absolute atomic E-state index is 5.56. The summed E-state index contributed by atoms with van der Waals surface area (Å²) in [6, 6.07) is 8.30. The first kappa shape index (κ1) is 12.3. The normalized spacial score (nSPS) is 11.2. The van der Waals surface area contributed by atoms with Crippen molar-refractivity contribution in [1.82, 2.24) is 0 Å². The van der Waals surface area contributed by atoms with Crippen molar-refractivity contribution in [3.63, 3.8) is 0 Å². The topological polar surface area (TPSA) is 26.0 Å². The Hall–Kier alpha value is -1.76. The van der Waals surface area contributed by atoms with Crippen molar-refractivity contribution >= 4 is 6.08 Å². The van der Waals surface area contributed by atoms with Gasteiger partial charge in [-0.05, 0) is 36.5 Å². The van der Waals surface area contributed by atoms with Gasteiger partial charge in [-0.1, -0.05) is 49.6 Å². The highest BCUT2D eigenvalue weighted by atomic mass is 14.5. The number of benzene rings is 1. The number of nitrogens with two attached hydrogens (primary N) is 1. The summed E-state index contributed by atoms with van der Waals surface area (Å²) in [7, 11) is 0. The Kier molecular flexibility index (Phi) is 4.59. The van der Waals surface area contributed by atoms with Crippen LogP contribution >= 0.6 is 0 Å². The zero-order valence-electron chi connectivity index (χ0n) is 9.87. The van der Waals surface area contributed by atoms with E-state index in [4.69, 9.17) is 5.73 Å². The highest BCUT2D eigenvalue weighted by Gasteiger charge is 1.97. The van der Waals surface area contributed by atoms with Crippen molar-refractivity contribution in [2.45, 2.75) is 19.8 Å². The lowest BCUT2D eigenvalue weighted by Crippen LogP contribution is -1.94. The van der Waals surface area contributed by atoms with E-state index in [1.807, 2.05) is 18.2 Å². The molecule has 0 spiro atoms. The van der Waals surface area contributed by atoms with Gasteiger partial charge in [0.05, 0.1) is 0 Å². The molecule has 0 heterocycles. The van der Waals surface area contributed by atoms with Crippen molar-refractivity contribution < 1.29 is 0 Å². The smallest absolute Gasteiger partial charge is 0.00108 e. The van der Waals surface area contributed by atoms with Crippen LogP contribution in [0.4, 0.5) is 0 Å². The molecule has 0 amide bonds. The Morgan fingerprint density at radius 1 is 1.31 bits per heavy atom. The molecule has 0 fully saturated rings. The van der Waals surface area contributed by atoms with Gasteiger partial charge >= 0.3 is 0 Å².